The van der Waals surface area contributed by atoms with E-state index in [9.17, 15) is 15.2 Å². The van der Waals surface area contributed by atoms with Gasteiger partial charge in [-0.05, 0) is 85.5 Å². The van der Waals surface area contributed by atoms with Crippen LogP contribution in [0.5, 0.6) is 0 Å². The summed E-state index contributed by atoms with van der Waals surface area (Å²) in [4.78, 5) is 12.0. The molecule has 5 rings (SSSR count). The standard InChI is InChI=1S/C22H29NO2/c1-2-22-6-5-15-14-4-3-13(25)8-16(14)12(11-24)7-18(15)21(22)19-9-17(19)20(22)10-23/h8,12,14-15,17-21,24H,2-7,9,11H2,1H3/t12-,14?,15?,17-,18?,19+,20-,21?,22+/m0/s1. The monoisotopic (exact) mass is 339 g/mol. The number of aliphatic hydroxyl groups is 1. The first-order valence-electron chi connectivity index (χ1n) is 10.4. The number of rotatable bonds is 2. The molecule has 3 nitrogen and oxygen atoms in total. The van der Waals surface area contributed by atoms with Gasteiger partial charge in [0.15, 0.2) is 5.78 Å². The van der Waals surface area contributed by atoms with Crippen molar-refractivity contribution in [2.24, 2.45) is 52.8 Å². The van der Waals surface area contributed by atoms with Crippen LogP contribution in [0.4, 0.5) is 0 Å². The van der Waals surface area contributed by atoms with Gasteiger partial charge in [-0.15, -0.1) is 0 Å². The number of nitrogens with zero attached hydrogens (tertiary/aromatic N) is 1. The summed E-state index contributed by atoms with van der Waals surface area (Å²) in [6, 6.07) is 2.72. The first-order chi connectivity index (χ1) is 12.1. The van der Waals surface area contributed by atoms with Crippen molar-refractivity contribution < 1.29 is 9.90 Å². The van der Waals surface area contributed by atoms with Crippen molar-refractivity contribution >= 4 is 5.78 Å². The molecule has 25 heavy (non-hydrogen) atoms. The number of hydrogen-bond acceptors (Lipinski definition) is 3. The normalized spacial score (nSPS) is 53.0. The lowest BCUT2D eigenvalue weighted by Crippen LogP contribution is -2.51. The highest BCUT2D eigenvalue weighted by atomic mass is 16.3. The topological polar surface area (TPSA) is 61.1 Å². The Labute approximate surface area is 150 Å². The predicted octanol–water partition coefficient (Wildman–Crippen LogP) is 3.73. The third-order valence-corrected chi connectivity index (χ3v) is 9.04. The van der Waals surface area contributed by atoms with Crippen LogP contribution in [0.2, 0.25) is 0 Å². The highest BCUT2D eigenvalue weighted by Crippen LogP contribution is 2.75. The number of hydrogen-bond donors (Lipinski definition) is 1. The maximum Gasteiger partial charge on any atom is 0.155 e. The van der Waals surface area contributed by atoms with Crippen molar-refractivity contribution in [1.29, 1.82) is 5.26 Å². The smallest absolute Gasteiger partial charge is 0.155 e. The van der Waals surface area contributed by atoms with Gasteiger partial charge in [0.2, 0.25) is 0 Å². The van der Waals surface area contributed by atoms with Crippen molar-refractivity contribution in [3.05, 3.63) is 11.6 Å². The Morgan fingerprint density at radius 1 is 1.24 bits per heavy atom. The molecule has 0 spiro atoms. The lowest BCUT2D eigenvalue weighted by molar-refractivity contribution is -0.116. The third kappa shape index (κ3) is 1.98. The molecular weight excluding hydrogens is 310 g/mol. The average molecular weight is 339 g/mol. The second-order valence-electron chi connectivity index (χ2n) is 9.52. The largest absolute Gasteiger partial charge is 0.396 e. The van der Waals surface area contributed by atoms with Gasteiger partial charge < -0.3 is 5.11 Å². The van der Waals surface area contributed by atoms with Gasteiger partial charge in [-0.1, -0.05) is 12.5 Å². The van der Waals surface area contributed by atoms with Crippen LogP contribution < -0.4 is 0 Å². The van der Waals surface area contributed by atoms with Crippen LogP contribution in [-0.4, -0.2) is 17.5 Å². The predicted molar refractivity (Wildman–Crippen MR) is 94.1 cm³/mol. The molecule has 0 bridgehead atoms. The summed E-state index contributed by atoms with van der Waals surface area (Å²) in [5, 5.41) is 19.9. The zero-order valence-corrected chi connectivity index (χ0v) is 15.2. The van der Waals surface area contributed by atoms with E-state index < -0.39 is 0 Å². The summed E-state index contributed by atoms with van der Waals surface area (Å²) in [5.74, 6) is 4.70. The fourth-order valence-electron chi connectivity index (χ4n) is 8.11. The SMILES string of the molecule is CC[C@]12CCC3C4CCC(=O)C=C4[C@H](CO)CC3C1[C@@H]1C[C@@H]1[C@@H]2C#N. The molecule has 3 heteroatoms. The van der Waals surface area contributed by atoms with Crippen LogP contribution in [0.25, 0.3) is 0 Å². The van der Waals surface area contributed by atoms with E-state index in [1.807, 2.05) is 6.08 Å². The van der Waals surface area contributed by atoms with Crippen molar-refractivity contribution in [2.75, 3.05) is 6.61 Å². The number of carbonyl (C=O) groups excluding carboxylic acids is 1. The van der Waals surface area contributed by atoms with E-state index in [2.05, 4.69) is 13.0 Å². The van der Waals surface area contributed by atoms with Crippen LogP contribution in [0.1, 0.15) is 51.9 Å². The zero-order chi connectivity index (χ0) is 17.3. The molecule has 0 aromatic carbocycles. The molecule has 4 saturated carbocycles. The van der Waals surface area contributed by atoms with Gasteiger partial charge in [-0.25, -0.2) is 0 Å². The minimum Gasteiger partial charge on any atom is -0.396 e. The lowest BCUT2D eigenvalue weighted by Gasteiger charge is -2.57. The molecule has 4 fully saturated rings. The van der Waals surface area contributed by atoms with Gasteiger partial charge in [-0.2, -0.15) is 5.26 Å². The van der Waals surface area contributed by atoms with Crippen LogP contribution >= 0.6 is 0 Å². The van der Waals surface area contributed by atoms with E-state index in [1.165, 1.54) is 24.8 Å². The Morgan fingerprint density at radius 2 is 2.04 bits per heavy atom. The molecule has 5 aliphatic rings. The Morgan fingerprint density at radius 3 is 2.76 bits per heavy atom. The maximum atomic E-state index is 12.0. The summed E-state index contributed by atoms with van der Waals surface area (Å²) in [6.07, 6.45) is 9.45. The van der Waals surface area contributed by atoms with E-state index >= 15 is 0 Å². The molecule has 0 saturated heterocycles. The molecule has 0 amide bonds. The minimum atomic E-state index is 0.181. The second kappa shape index (κ2) is 5.43. The Hall–Kier alpha value is -1.14. The molecule has 0 aromatic rings. The fraction of sp³-hybridized carbons (Fsp3) is 0.818. The van der Waals surface area contributed by atoms with E-state index in [-0.39, 0.29) is 29.6 Å². The summed E-state index contributed by atoms with van der Waals surface area (Å²) in [6.45, 7) is 2.49. The summed E-state index contributed by atoms with van der Waals surface area (Å²) >= 11 is 0. The molecule has 0 radical (unpaired) electrons. The van der Waals surface area contributed by atoms with E-state index in [4.69, 9.17) is 0 Å². The van der Waals surface area contributed by atoms with Crippen molar-refractivity contribution in [3.63, 3.8) is 0 Å². The van der Waals surface area contributed by atoms with E-state index in [0.29, 0.717) is 36.0 Å². The Kier molecular flexibility index (Phi) is 3.49. The van der Waals surface area contributed by atoms with Gasteiger partial charge in [-0.3, -0.25) is 4.79 Å². The third-order valence-electron chi connectivity index (χ3n) is 9.04. The average Bonchev–Trinajstić information content (AvgIpc) is 3.35. The maximum absolute atomic E-state index is 12.0. The highest BCUT2D eigenvalue weighted by molar-refractivity contribution is 5.91. The number of carbonyl (C=O) groups is 1. The number of nitriles is 1. The molecule has 0 aromatic heterocycles. The highest BCUT2D eigenvalue weighted by Gasteiger charge is 2.70. The van der Waals surface area contributed by atoms with Crippen molar-refractivity contribution in [1.82, 2.24) is 0 Å². The molecule has 0 heterocycles. The second-order valence-corrected chi connectivity index (χ2v) is 9.52. The number of fused-ring (bicyclic) bond motifs is 7. The Balaban J connectivity index is 1.54. The molecule has 1 N–H and O–H groups in total. The quantitative estimate of drug-likeness (QED) is 0.834. The Bertz CT molecular complexity index is 676. The van der Waals surface area contributed by atoms with Crippen LogP contribution in [0, 0.1) is 64.1 Å². The molecule has 0 aliphatic heterocycles. The zero-order valence-electron chi connectivity index (χ0n) is 15.2. The van der Waals surface area contributed by atoms with Crippen molar-refractivity contribution in [2.45, 2.75) is 51.9 Å². The van der Waals surface area contributed by atoms with Gasteiger partial charge in [0.25, 0.3) is 0 Å². The number of aliphatic hydroxyl groups excluding tert-OH is 1. The summed E-state index contributed by atoms with van der Waals surface area (Å²) in [7, 11) is 0. The summed E-state index contributed by atoms with van der Waals surface area (Å²) in [5.41, 5.74) is 1.51. The lowest BCUT2D eigenvalue weighted by atomic mass is 9.47. The first-order valence-corrected chi connectivity index (χ1v) is 10.4. The molecule has 134 valence electrons. The van der Waals surface area contributed by atoms with Crippen LogP contribution in [0.3, 0.4) is 0 Å². The van der Waals surface area contributed by atoms with Crippen molar-refractivity contribution in [3.8, 4) is 6.07 Å². The molecular formula is C22H29NO2. The number of ketones is 1. The van der Waals surface area contributed by atoms with Gasteiger partial charge in [0.1, 0.15) is 0 Å². The van der Waals surface area contributed by atoms with E-state index in [0.717, 1.165) is 25.2 Å². The molecule has 4 unspecified atom stereocenters. The minimum absolute atomic E-state index is 0.181. The first kappa shape index (κ1) is 16.1. The van der Waals surface area contributed by atoms with Crippen LogP contribution in [0.15, 0.2) is 11.6 Å². The van der Waals surface area contributed by atoms with Gasteiger partial charge in [0.05, 0.1) is 12.0 Å². The van der Waals surface area contributed by atoms with Gasteiger partial charge in [0, 0.05) is 18.9 Å². The summed E-state index contributed by atoms with van der Waals surface area (Å²) < 4.78 is 0. The molecule has 9 atom stereocenters. The molecule has 5 aliphatic carbocycles. The van der Waals surface area contributed by atoms with E-state index in [1.54, 1.807) is 0 Å². The van der Waals surface area contributed by atoms with Gasteiger partial charge >= 0.3 is 0 Å². The van der Waals surface area contributed by atoms with Crippen LogP contribution in [-0.2, 0) is 4.79 Å². The fourth-order valence-corrected chi connectivity index (χ4v) is 8.11.